The van der Waals surface area contributed by atoms with Gasteiger partial charge in [0.2, 0.25) is 0 Å². The number of benzene rings is 1. The van der Waals surface area contributed by atoms with Crippen LogP contribution < -0.4 is 5.73 Å². The van der Waals surface area contributed by atoms with Gasteiger partial charge in [-0.15, -0.1) is 0 Å². The average molecular weight is 292 g/mol. The molecule has 0 spiro atoms. The van der Waals surface area contributed by atoms with Crippen molar-refractivity contribution in [2.45, 2.75) is 32.0 Å². The number of morpholine rings is 1. The van der Waals surface area contributed by atoms with Crippen LogP contribution in [-0.2, 0) is 4.74 Å². The Balaban J connectivity index is 1.83. The van der Waals surface area contributed by atoms with Gasteiger partial charge >= 0.3 is 0 Å². The summed E-state index contributed by atoms with van der Waals surface area (Å²) in [5.74, 6) is 0.213. The van der Waals surface area contributed by atoms with E-state index in [0.717, 1.165) is 18.5 Å². The van der Waals surface area contributed by atoms with Crippen molar-refractivity contribution >= 4 is 11.0 Å². The number of rotatable bonds is 3. The first kappa shape index (κ1) is 14.5. The highest BCUT2D eigenvalue weighted by Crippen LogP contribution is 2.28. The predicted molar refractivity (Wildman–Crippen MR) is 79.5 cm³/mol. The standard InChI is InChI=1S/C16H21FN2O2/c1-10(2)19-6-7-20-14(9-19)15(18)13-8-11-4-3-5-12(17)16(11)21-13/h3-5,8,10,14-15H,6-7,9,18H2,1-2H3. The van der Waals surface area contributed by atoms with Crippen LogP contribution >= 0.6 is 0 Å². The summed E-state index contributed by atoms with van der Waals surface area (Å²) < 4.78 is 25.1. The molecule has 1 aliphatic rings. The Labute approximate surface area is 123 Å². The van der Waals surface area contributed by atoms with Gasteiger partial charge in [-0.1, -0.05) is 12.1 Å². The van der Waals surface area contributed by atoms with E-state index in [1.165, 1.54) is 6.07 Å². The van der Waals surface area contributed by atoms with Gasteiger partial charge < -0.3 is 14.9 Å². The fraction of sp³-hybridized carbons (Fsp3) is 0.500. The van der Waals surface area contributed by atoms with E-state index < -0.39 is 6.04 Å². The smallest absolute Gasteiger partial charge is 0.169 e. The molecule has 21 heavy (non-hydrogen) atoms. The Morgan fingerprint density at radius 3 is 2.90 bits per heavy atom. The Hall–Kier alpha value is -1.43. The van der Waals surface area contributed by atoms with Crippen molar-refractivity contribution in [3.63, 3.8) is 0 Å². The maximum Gasteiger partial charge on any atom is 0.169 e. The molecule has 1 saturated heterocycles. The molecule has 0 saturated carbocycles. The number of para-hydroxylation sites is 1. The third-order valence-corrected chi connectivity index (χ3v) is 4.10. The molecule has 0 amide bonds. The van der Waals surface area contributed by atoms with Gasteiger partial charge in [-0.25, -0.2) is 4.39 Å². The summed E-state index contributed by atoms with van der Waals surface area (Å²) in [6, 6.07) is 6.75. The summed E-state index contributed by atoms with van der Waals surface area (Å²) in [7, 11) is 0. The molecule has 2 heterocycles. The summed E-state index contributed by atoms with van der Waals surface area (Å²) in [4.78, 5) is 2.33. The van der Waals surface area contributed by atoms with E-state index in [0.29, 0.717) is 18.4 Å². The molecule has 2 aromatic rings. The molecule has 4 nitrogen and oxygen atoms in total. The Morgan fingerprint density at radius 1 is 1.38 bits per heavy atom. The van der Waals surface area contributed by atoms with Gasteiger partial charge in [0.15, 0.2) is 11.4 Å². The van der Waals surface area contributed by atoms with Gasteiger partial charge in [-0.2, -0.15) is 0 Å². The third-order valence-electron chi connectivity index (χ3n) is 4.10. The van der Waals surface area contributed by atoms with E-state index in [1.807, 2.05) is 6.07 Å². The van der Waals surface area contributed by atoms with E-state index in [9.17, 15) is 4.39 Å². The van der Waals surface area contributed by atoms with E-state index in [-0.39, 0.29) is 17.5 Å². The van der Waals surface area contributed by atoms with Crippen molar-refractivity contribution in [1.29, 1.82) is 0 Å². The minimum Gasteiger partial charge on any atom is -0.456 e. The maximum atomic E-state index is 13.7. The van der Waals surface area contributed by atoms with Crippen LogP contribution in [0.15, 0.2) is 28.7 Å². The molecule has 0 bridgehead atoms. The Morgan fingerprint density at radius 2 is 2.19 bits per heavy atom. The first-order valence-electron chi connectivity index (χ1n) is 7.35. The fourth-order valence-electron chi connectivity index (χ4n) is 2.78. The predicted octanol–water partition coefficient (Wildman–Crippen LogP) is 2.68. The number of hydrogen-bond acceptors (Lipinski definition) is 4. The normalized spacial score (nSPS) is 22.0. The summed E-state index contributed by atoms with van der Waals surface area (Å²) in [6.07, 6.45) is -0.134. The molecule has 2 N–H and O–H groups in total. The molecule has 1 aromatic heterocycles. The number of ether oxygens (including phenoxy) is 1. The lowest BCUT2D eigenvalue weighted by atomic mass is 10.1. The van der Waals surface area contributed by atoms with E-state index in [1.54, 1.807) is 12.1 Å². The fourth-order valence-corrected chi connectivity index (χ4v) is 2.78. The van der Waals surface area contributed by atoms with Crippen LogP contribution in [0.3, 0.4) is 0 Å². The van der Waals surface area contributed by atoms with E-state index in [2.05, 4.69) is 18.7 Å². The molecule has 0 aliphatic carbocycles. The third kappa shape index (κ3) is 2.81. The Bertz CT molecular complexity index is 626. The summed E-state index contributed by atoms with van der Waals surface area (Å²) in [6.45, 7) is 6.65. The minimum atomic E-state index is -0.390. The maximum absolute atomic E-state index is 13.7. The van der Waals surface area contributed by atoms with E-state index >= 15 is 0 Å². The second-order valence-corrected chi connectivity index (χ2v) is 5.83. The second kappa shape index (κ2) is 5.75. The van der Waals surface area contributed by atoms with Crippen LogP contribution in [0.5, 0.6) is 0 Å². The molecule has 114 valence electrons. The van der Waals surface area contributed by atoms with Crippen molar-refractivity contribution in [2.75, 3.05) is 19.7 Å². The van der Waals surface area contributed by atoms with Crippen LogP contribution in [0.4, 0.5) is 4.39 Å². The quantitative estimate of drug-likeness (QED) is 0.945. The minimum absolute atomic E-state index is 0.134. The highest BCUT2D eigenvalue weighted by Gasteiger charge is 2.30. The van der Waals surface area contributed by atoms with Crippen LogP contribution in [0.1, 0.15) is 25.6 Å². The zero-order valence-corrected chi connectivity index (χ0v) is 12.4. The molecule has 2 atom stereocenters. The second-order valence-electron chi connectivity index (χ2n) is 5.83. The number of fused-ring (bicyclic) bond motifs is 1. The molecular formula is C16H21FN2O2. The molecule has 3 rings (SSSR count). The zero-order chi connectivity index (χ0) is 15.0. The van der Waals surface area contributed by atoms with Gasteiger partial charge in [0.25, 0.3) is 0 Å². The van der Waals surface area contributed by atoms with Crippen LogP contribution in [0, 0.1) is 5.82 Å². The molecule has 1 aromatic carbocycles. The monoisotopic (exact) mass is 292 g/mol. The molecule has 1 aliphatic heterocycles. The highest BCUT2D eigenvalue weighted by molar-refractivity contribution is 5.78. The average Bonchev–Trinajstić information content (AvgIpc) is 2.92. The van der Waals surface area contributed by atoms with Gasteiger partial charge in [-0.3, -0.25) is 4.90 Å². The van der Waals surface area contributed by atoms with Crippen molar-refractivity contribution < 1.29 is 13.5 Å². The van der Waals surface area contributed by atoms with Crippen LogP contribution in [0.25, 0.3) is 11.0 Å². The van der Waals surface area contributed by atoms with Crippen LogP contribution in [0.2, 0.25) is 0 Å². The number of nitrogens with zero attached hydrogens (tertiary/aromatic N) is 1. The van der Waals surface area contributed by atoms with Gasteiger partial charge in [0.1, 0.15) is 5.76 Å². The number of nitrogens with two attached hydrogens (primary N) is 1. The van der Waals surface area contributed by atoms with Crippen molar-refractivity contribution in [3.8, 4) is 0 Å². The summed E-state index contributed by atoms with van der Waals surface area (Å²) >= 11 is 0. The van der Waals surface area contributed by atoms with Crippen LogP contribution in [-0.4, -0.2) is 36.7 Å². The SMILES string of the molecule is CC(C)N1CCOC(C(N)c2cc3cccc(F)c3o2)C1. The summed E-state index contributed by atoms with van der Waals surface area (Å²) in [5, 5.41) is 0.733. The lowest BCUT2D eigenvalue weighted by molar-refractivity contribution is -0.0527. The molecule has 1 fully saturated rings. The Kier molecular flexibility index (Phi) is 3.97. The first-order valence-corrected chi connectivity index (χ1v) is 7.35. The molecule has 5 heteroatoms. The number of halogens is 1. The van der Waals surface area contributed by atoms with E-state index in [4.69, 9.17) is 14.9 Å². The van der Waals surface area contributed by atoms with Crippen molar-refractivity contribution in [2.24, 2.45) is 5.73 Å². The van der Waals surface area contributed by atoms with Gasteiger partial charge in [0, 0.05) is 24.5 Å². The first-order chi connectivity index (χ1) is 10.1. The highest BCUT2D eigenvalue weighted by atomic mass is 19.1. The number of furan rings is 1. The summed E-state index contributed by atoms with van der Waals surface area (Å²) in [5.41, 5.74) is 6.54. The van der Waals surface area contributed by atoms with Crippen molar-refractivity contribution in [1.82, 2.24) is 4.90 Å². The topological polar surface area (TPSA) is 51.6 Å². The molecule has 2 unspecified atom stereocenters. The van der Waals surface area contributed by atoms with Crippen molar-refractivity contribution in [3.05, 3.63) is 35.8 Å². The van der Waals surface area contributed by atoms with Gasteiger partial charge in [-0.05, 0) is 26.0 Å². The lowest BCUT2D eigenvalue weighted by Gasteiger charge is -2.37. The number of hydrogen-bond donors (Lipinski definition) is 1. The lowest BCUT2D eigenvalue weighted by Crippen LogP contribution is -2.49. The zero-order valence-electron chi connectivity index (χ0n) is 12.4. The molecular weight excluding hydrogens is 271 g/mol. The van der Waals surface area contributed by atoms with Gasteiger partial charge in [0.05, 0.1) is 18.8 Å². The largest absolute Gasteiger partial charge is 0.456 e. The molecule has 0 radical (unpaired) electrons.